The molecule has 0 spiro atoms. The summed E-state index contributed by atoms with van der Waals surface area (Å²) < 4.78 is 48.6. The first-order valence-corrected chi connectivity index (χ1v) is 17.7. The fraction of sp³-hybridized carbons (Fsp3) is 0.0476. The molecular weight excluding hydrogens is 794 g/mol. The van der Waals surface area contributed by atoms with Gasteiger partial charge in [-0.05, 0) is 97.1 Å². The largest absolute Gasteiger partial charge is 0.505 e. The average Bonchev–Trinajstić information content (AvgIpc) is 3.22. The van der Waals surface area contributed by atoms with Crippen LogP contribution in [0.3, 0.4) is 0 Å². The molecular formula is C42H27ClF2N4O10. The van der Waals surface area contributed by atoms with Gasteiger partial charge in [-0.25, -0.2) is 28.3 Å². The van der Waals surface area contributed by atoms with Crippen molar-refractivity contribution in [1.82, 2.24) is 20.6 Å². The molecule has 2 amide bonds. The second-order valence-corrected chi connectivity index (χ2v) is 12.8. The Labute approximate surface area is 336 Å². The SMILES string of the molecule is O=C(CNC(=O)c1ncc2cc(Oc3ccc(F)c(Cl)c3)ccc2c1O)OC(=O)CNC(=O)c1ncc2ccc(Oc3ccc(Oc4ccc(F)cc4)cc3)cc2c1O. The summed E-state index contributed by atoms with van der Waals surface area (Å²) in [6.07, 6.45) is 2.62. The molecule has 7 rings (SSSR count). The highest BCUT2D eigenvalue weighted by Crippen LogP contribution is 2.34. The van der Waals surface area contributed by atoms with Crippen LogP contribution in [0.4, 0.5) is 8.78 Å². The second kappa shape index (κ2) is 17.1. The summed E-state index contributed by atoms with van der Waals surface area (Å²) in [6.45, 7) is -1.59. The molecule has 0 fully saturated rings. The highest BCUT2D eigenvalue weighted by atomic mass is 35.5. The maximum atomic E-state index is 13.5. The van der Waals surface area contributed by atoms with E-state index >= 15 is 0 Å². The Kier molecular flexibility index (Phi) is 11.4. The molecule has 0 radical (unpaired) electrons. The molecule has 0 saturated carbocycles. The number of benzene rings is 5. The lowest BCUT2D eigenvalue weighted by molar-refractivity contribution is -0.158. The van der Waals surface area contributed by atoms with Crippen molar-refractivity contribution in [2.45, 2.75) is 0 Å². The first-order chi connectivity index (χ1) is 28.4. The molecule has 17 heteroatoms. The number of carbonyl (C=O) groups is 4. The number of amides is 2. The summed E-state index contributed by atoms with van der Waals surface area (Å²) in [7, 11) is 0. The maximum Gasteiger partial charge on any atom is 0.333 e. The van der Waals surface area contributed by atoms with Gasteiger partial charge in [-0.1, -0.05) is 11.6 Å². The van der Waals surface area contributed by atoms with Crippen molar-refractivity contribution in [2.75, 3.05) is 13.1 Å². The summed E-state index contributed by atoms with van der Waals surface area (Å²) in [4.78, 5) is 58.2. The van der Waals surface area contributed by atoms with Crippen LogP contribution in [-0.4, -0.2) is 57.0 Å². The van der Waals surface area contributed by atoms with Gasteiger partial charge < -0.3 is 39.8 Å². The predicted octanol–water partition coefficient (Wildman–Crippen LogP) is 7.73. The number of ether oxygens (including phenoxy) is 4. The lowest BCUT2D eigenvalue weighted by Gasteiger charge is -2.11. The van der Waals surface area contributed by atoms with Crippen molar-refractivity contribution in [3.05, 3.63) is 144 Å². The van der Waals surface area contributed by atoms with Gasteiger partial charge in [0.25, 0.3) is 11.8 Å². The number of rotatable bonds is 12. The van der Waals surface area contributed by atoms with Gasteiger partial charge in [-0.15, -0.1) is 0 Å². The van der Waals surface area contributed by atoms with E-state index in [1.807, 2.05) is 0 Å². The third-order valence-electron chi connectivity index (χ3n) is 8.35. The highest BCUT2D eigenvalue weighted by Gasteiger charge is 2.21. The standard InChI is InChI=1S/C42H27ClF2N4O10/c43-33-17-30(12-14-34(33)45)58-28-11-13-31-23(15-28)19-47-37(39(31)52)41(54)48-20-35(50)59-36(51)21-49-42(55)38-40(53)32-16-29(4-1-22(32)18-46-38)57-27-9-7-26(8-10-27)56-25-5-2-24(44)3-6-25/h1-19,52-53H,20-21H2,(H,48,54)(H,49,55). The van der Waals surface area contributed by atoms with Crippen LogP contribution >= 0.6 is 11.6 Å². The normalized spacial score (nSPS) is 10.8. The Bertz CT molecular complexity index is 2770. The molecule has 2 aromatic heterocycles. The van der Waals surface area contributed by atoms with Crippen LogP contribution in [0.2, 0.25) is 5.02 Å². The average molecular weight is 821 g/mol. The first-order valence-electron chi connectivity index (χ1n) is 17.3. The minimum Gasteiger partial charge on any atom is -0.505 e. The number of nitrogens with zero attached hydrogens (tertiary/aromatic N) is 2. The smallest absolute Gasteiger partial charge is 0.333 e. The van der Waals surface area contributed by atoms with E-state index in [0.717, 1.165) is 6.07 Å². The summed E-state index contributed by atoms with van der Waals surface area (Å²) in [6, 6.07) is 25.2. The molecule has 0 saturated heterocycles. The molecule has 2 heterocycles. The zero-order valence-electron chi connectivity index (χ0n) is 30.1. The molecule has 296 valence electrons. The van der Waals surface area contributed by atoms with Crippen molar-refractivity contribution < 1.29 is 57.1 Å². The van der Waals surface area contributed by atoms with E-state index in [1.165, 1.54) is 73.1 Å². The maximum absolute atomic E-state index is 13.5. The van der Waals surface area contributed by atoms with Gasteiger partial charge in [0.05, 0.1) is 5.02 Å². The third kappa shape index (κ3) is 9.41. The Hall–Kier alpha value is -7.85. The molecule has 7 aromatic rings. The number of hydrogen-bond acceptors (Lipinski definition) is 12. The molecule has 59 heavy (non-hydrogen) atoms. The lowest BCUT2D eigenvalue weighted by Crippen LogP contribution is -2.36. The topological polar surface area (TPSA) is 195 Å². The van der Waals surface area contributed by atoms with Gasteiger partial charge in [-0.3, -0.25) is 9.59 Å². The van der Waals surface area contributed by atoms with Gasteiger partial charge in [0.1, 0.15) is 59.2 Å². The Morgan fingerprint density at radius 3 is 1.63 bits per heavy atom. The van der Waals surface area contributed by atoms with Crippen LogP contribution in [0.25, 0.3) is 21.5 Å². The molecule has 0 bridgehead atoms. The number of aromatic hydroxyl groups is 2. The van der Waals surface area contributed by atoms with Crippen LogP contribution in [0.1, 0.15) is 21.0 Å². The van der Waals surface area contributed by atoms with Gasteiger partial charge in [0.2, 0.25) is 0 Å². The second-order valence-electron chi connectivity index (χ2n) is 12.4. The van der Waals surface area contributed by atoms with Crippen LogP contribution < -0.4 is 24.8 Å². The first kappa shape index (κ1) is 39.4. The van der Waals surface area contributed by atoms with Gasteiger partial charge in [-0.2, -0.15) is 0 Å². The number of halogens is 3. The van der Waals surface area contributed by atoms with E-state index < -0.39 is 65.5 Å². The fourth-order valence-electron chi connectivity index (χ4n) is 5.52. The summed E-state index contributed by atoms with van der Waals surface area (Å²) in [5.41, 5.74) is -0.847. The number of pyridine rings is 2. The number of carbonyl (C=O) groups excluding carboxylic acids is 4. The molecule has 0 aliphatic carbocycles. The molecule has 0 unspecified atom stereocenters. The summed E-state index contributed by atoms with van der Waals surface area (Å²) >= 11 is 5.80. The Morgan fingerprint density at radius 2 is 1.02 bits per heavy atom. The van der Waals surface area contributed by atoms with Crippen molar-refractivity contribution >= 4 is 56.9 Å². The minimum atomic E-state index is -1.19. The predicted molar refractivity (Wildman–Crippen MR) is 207 cm³/mol. The molecule has 0 aliphatic rings. The monoisotopic (exact) mass is 820 g/mol. The van der Waals surface area contributed by atoms with Crippen LogP contribution in [0, 0.1) is 11.6 Å². The summed E-state index contributed by atoms with van der Waals surface area (Å²) in [5, 5.41) is 27.2. The van der Waals surface area contributed by atoms with E-state index in [9.17, 15) is 38.2 Å². The molecule has 14 nitrogen and oxygen atoms in total. The minimum absolute atomic E-state index is 0.129. The van der Waals surface area contributed by atoms with E-state index in [0.29, 0.717) is 39.5 Å². The molecule has 4 N–H and O–H groups in total. The third-order valence-corrected chi connectivity index (χ3v) is 8.64. The lowest BCUT2D eigenvalue weighted by atomic mass is 10.1. The molecule has 0 atom stereocenters. The Morgan fingerprint density at radius 1 is 0.559 bits per heavy atom. The van der Waals surface area contributed by atoms with Crippen molar-refractivity contribution in [1.29, 1.82) is 0 Å². The van der Waals surface area contributed by atoms with Crippen molar-refractivity contribution in [3.8, 4) is 46.0 Å². The van der Waals surface area contributed by atoms with Crippen LogP contribution in [-0.2, 0) is 14.3 Å². The van der Waals surface area contributed by atoms with Gasteiger partial charge in [0, 0.05) is 40.0 Å². The zero-order valence-corrected chi connectivity index (χ0v) is 30.8. The van der Waals surface area contributed by atoms with Crippen molar-refractivity contribution in [2.24, 2.45) is 0 Å². The number of esters is 2. The van der Waals surface area contributed by atoms with Crippen LogP contribution in [0.15, 0.2) is 116 Å². The molecule has 5 aromatic carbocycles. The van der Waals surface area contributed by atoms with E-state index in [1.54, 1.807) is 36.4 Å². The highest BCUT2D eigenvalue weighted by molar-refractivity contribution is 6.30. The van der Waals surface area contributed by atoms with Crippen molar-refractivity contribution in [3.63, 3.8) is 0 Å². The van der Waals surface area contributed by atoms with Gasteiger partial charge >= 0.3 is 11.9 Å². The number of hydrogen-bond donors (Lipinski definition) is 4. The summed E-state index contributed by atoms with van der Waals surface area (Å²) in [5.74, 6) is -4.04. The Balaban J connectivity index is 0.898. The number of nitrogens with one attached hydrogen (secondary N) is 2. The fourth-order valence-corrected chi connectivity index (χ4v) is 5.69. The van der Waals surface area contributed by atoms with E-state index in [4.69, 9.17) is 25.8 Å². The van der Waals surface area contributed by atoms with Gasteiger partial charge in [0.15, 0.2) is 22.9 Å². The molecule has 0 aliphatic heterocycles. The number of fused-ring (bicyclic) bond motifs is 2. The number of aromatic nitrogens is 2. The van der Waals surface area contributed by atoms with Crippen LogP contribution in [0.5, 0.6) is 46.0 Å². The zero-order chi connectivity index (χ0) is 41.6. The van der Waals surface area contributed by atoms with E-state index in [2.05, 4.69) is 25.3 Å². The van der Waals surface area contributed by atoms with E-state index in [-0.39, 0.29) is 27.4 Å². The quantitative estimate of drug-likeness (QED) is 0.0693.